The molecule has 3 heterocycles. The minimum absolute atomic E-state index is 0.0195. The number of aromatic nitrogens is 2. The molecule has 19 heteroatoms. The van der Waals surface area contributed by atoms with Gasteiger partial charge in [0.05, 0.1) is 18.8 Å². The summed E-state index contributed by atoms with van der Waals surface area (Å²) in [4.78, 5) is 50.1. The van der Waals surface area contributed by atoms with Gasteiger partial charge in [0.2, 0.25) is 0 Å². The maximum absolute atomic E-state index is 13.3. The number of aromatic amines is 1. The number of fused-ring (bicyclic) bond motifs is 1. The van der Waals surface area contributed by atoms with Crippen molar-refractivity contribution in [2.24, 2.45) is 5.92 Å². The quantitative estimate of drug-likeness (QED) is 0.281. The van der Waals surface area contributed by atoms with Gasteiger partial charge in [0.15, 0.2) is 6.04 Å². The molecule has 1 fully saturated rings. The zero-order chi connectivity index (χ0) is 34.4. The van der Waals surface area contributed by atoms with Gasteiger partial charge in [-0.25, -0.2) is 14.2 Å². The zero-order valence-electron chi connectivity index (χ0n) is 24.8. The molecule has 0 amide bonds. The standard InChI is InChI=1S/C25H31BrN3O9P.C2HF3O2/c1-4-14(2)21(27)24(31)37-18-10-20(29-11-16(8-9-26)23(30)28-25(29)32)36-19(18)13-35-39(33)34-12-17-7-5-6-15(3)22(17)38-39;3-2(4,5)1(6)7/h5-9,11,14,18-21H,4,10,12-13,27H2,1-3H3,(H,28,30,32);(H,6,7)/b9-8+;/t14-,18-,19+,20+,21-,39?;/m0./s1. The Kier molecular flexibility index (Phi) is 12.6. The van der Waals surface area contributed by atoms with Gasteiger partial charge in [0.1, 0.15) is 30.2 Å². The predicted octanol–water partition coefficient (Wildman–Crippen LogP) is 2.10. The molecule has 1 aromatic heterocycles. The Morgan fingerprint density at radius 1 is 1.33 bits per heavy atom. The second-order valence-electron chi connectivity index (χ2n) is 10.3. The van der Waals surface area contributed by atoms with E-state index in [2.05, 4.69) is 26.6 Å². The van der Waals surface area contributed by atoms with Crippen LogP contribution in [0.15, 0.2) is 39.0 Å². The Balaban J connectivity index is 0.000000738. The number of para-hydroxylation sites is 1. The van der Waals surface area contributed by atoms with E-state index in [4.69, 9.17) is 32.9 Å². The van der Waals surface area contributed by atoms with Gasteiger partial charge >= 0.3 is 25.7 Å². The molecule has 0 saturated carbocycles. The first kappa shape index (κ1) is 37.2. The SMILES string of the molecule is CC[C@H](C)[C@H]([NH3+])C(=O)O[C@H]1C[C@H](n2cc(/C=C/Br)c(=O)[nH]c2=O)O[C@@H]1COP1(=O)OCc2cccc(C)c2O1.O=C([O-])C(F)(F)F. The number of carbonyl (C=O) groups is 2. The van der Waals surface area contributed by atoms with Crippen LogP contribution in [0, 0.1) is 12.8 Å². The third-order valence-electron chi connectivity index (χ3n) is 7.13. The summed E-state index contributed by atoms with van der Waals surface area (Å²) in [6, 6.07) is 4.85. The molecule has 46 heavy (non-hydrogen) atoms. The number of carboxylic acids is 1. The Hall–Kier alpha value is -3.28. The highest BCUT2D eigenvalue weighted by Crippen LogP contribution is 2.55. The number of esters is 1. The zero-order valence-corrected chi connectivity index (χ0v) is 27.3. The van der Waals surface area contributed by atoms with E-state index in [1.54, 1.807) is 6.07 Å². The molecule has 6 atom stereocenters. The van der Waals surface area contributed by atoms with Crippen LogP contribution in [0.2, 0.25) is 0 Å². The highest BCUT2D eigenvalue weighted by molar-refractivity contribution is 9.11. The van der Waals surface area contributed by atoms with E-state index < -0.39 is 61.7 Å². The van der Waals surface area contributed by atoms with E-state index in [9.17, 15) is 32.1 Å². The number of carbonyl (C=O) groups excluding carboxylic acids is 2. The molecule has 0 radical (unpaired) electrons. The Morgan fingerprint density at radius 3 is 2.61 bits per heavy atom. The fourth-order valence-electron chi connectivity index (χ4n) is 4.27. The summed E-state index contributed by atoms with van der Waals surface area (Å²) in [6.07, 6.45) is -4.26. The van der Waals surface area contributed by atoms with E-state index in [0.717, 1.165) is 17.5 Å². The molecule has 2 aromatic rings. The van der Waals surface area contributed by atoms with Crippen LogP contribution in [0.4, 0.5) is 13.2 Å². The fraction of sp³-hybridized carbons (Fsp3) is 0.481. The van der Waals surface area contributed by atoms with Crippen molar-refractivity contribution in [3.05, 3.63) is 66.9 Å². The van der Waals surface area contributed by atoms with E-state index in [-0.39, 0.29) is 31.1 Å². The van der Waals surface area contributed by atoms with Crippen molar-refractivity contribution in [3.8, 4) is 5.75 Å². The molecule has 14 nitrogen and oxygen atoms in total. The molecule has 4 N–H and O–H groups in total. The maximum Gasteiger partial charge on any atom is 0.530 e. The van der Waals surface area contributed by atoms with Crippen LogP contribution in [0.5, 0.6) is 5.75 Å². The smallest absolute Gasteiger partial charge is 0.530 e. The van der Waals surface area contributed by atoms with Gasteiger partial charge in [-0.2, -0.15) is 13.2 Å². The minimum Gasteiger partial charge on any atom is -0.542 e. The number of phosphoric acid groups is 1. The lowest BCUT2D eigenvalue weighted by atomic mass is 10.0. The number of nitrogens with one attached hydrogen (secondary N) is 1. The molecule has 4 rings (SSSR count). The Labute approximate surface area is 268 Å². The van der Waals surface area contributed by atoms with E-state index in [0.29, 0.717) is 5.75 Å². The predicted molar refractivity (Wildman–Crippen MR) is 155 cm³/mol. The molecule has 1 unspecified atom stereocenters. The number of hydrogen-bond donors (Lipinski definition) is 2. The van der Waals surface area contributed by atoms with Gasteiger partial charge in [-0.05, 0) is 30.0 Å². The van der Waals surface area contributed by atoms with Crippen molar-refractivity contribution in [3.63, 3.8) is 0 Å². The Bertz CT molecular complexity index is 1610. The summed E-state index contributed by atoms with van der Waals surface area (Å²) in [5.41, 5.74) is 4.39. The molecule has 0 spiro atoms. The lowest BCUT2D eigenvalue weighted by Crippen LogP contribution is -2.68. The topological polar surface area (TPSA) is 203 Å². The molecule has 1 aromatic carbocycles. The third-order valence-corrected chi connectivity index (χ3v) is 8.71. The number of hydrogen-bond acceptors (Lipinski definition) is 11. The highest BCUT2D eigenvalue weighted by atomic mass is 79.9. The first-order valence-electron chi connectivity index (χ1n) is 13.8. The number of H-pyrrole nitrogens is 1. The van der Waals surface area contributed by atoms with Crippen LogP contribution < -0.4 is 26.6 Å². The molecule has 0 aliphatic carbocycles. The number of aryl methyl sites for hydroxylation is 1. The second-order valence-corrected chi connectivity index (χ2v) is 12.5. The maximum atomic E-state index is 13.3. The summed E-state index contributed by atoms with van der Waals surface area (Å²) >= 11 is 3.12. The monoisotopic (exact) mass is 741 g/mol. The molecular formula is C27H32BrF3N3O11P. The molecule has 254 valence electrons. The van der Waals surface area contributed by atoms with Crippen LogP contribution in [0.1, 0.15) is 49.6 Å². The minimum atomic E-state index is -5.19. The van der Waals surface area contributed by atoms with Gasteiger partial charge in [0, 0.05) is 24.1 Å². The number of carboxylic acid groups (broad SMARTS) is 1. The molecule has 1 saturated heterocycles. The van der Waals surface area contributed by atoms with Gasteiger partial charge in [-0.1, -0.05) is 48.0 Å². The number of benzene rings is 1. The van der Waals surface area contributed by atoms with Crippen molar-refractivity contribution in [1.82, 2.24) is 9.55 Å². The number of quaternary nitrogens is 1. The summed E-state index contributed by atoms with van der Waals surface area (Å²) in [5, 5.41) is 8.78. The molecular weight excluding hydrogens is 710 g/mol. The van der Waals surface area contributed by atoms with Crippen molar-refractivity contribution >= 4 is 41.8 Å². The molecule has 2 aliphatic rings. The van der Waals surface area contributed by atoms with Gasteiger partial charge < -0.3 is 29.6 Å². The number of phosphoric ester groups is 1. The summed E-state index contributed by atoms with van der Waals surface area (Å²) in [5.74, 6) is -3.12. The number of aliphatic carboxylic acids is 1. The van der Waals surface area contributed by atoms with E-state index in [1.165, 1.54) is 21.8 Å². The normalized spacial score (nSPS) is 23.9. The molecule has 0 bridgehead atoms. The summed E-state index contributed by atoms with van der Waals surface area (Å²) in [7, 11) is -4.01. The largest absolute Gasteiger partial charge is 0.542 e. The van der Waals surface area contributed by atoms with E-state index >= 15 is 0 Å². The Morgan fingerprint density at radius 2 is 2.00 bits per heavy atom. The number of rotatable bonds is 9. The van der Waals surface area contributed by atoms with Gasteiger partial charge in [-0.15, -0.1) is 0 Å². The van der Waals surface area contributed by atoms with Gasteiger partial charge in [0.25, 0.3) is 5.56 Å². The van der Waals surface area contributed by atoms with Crippen LogP contribution >= 0.6 is 23.8 Å². The van der Waals surface area contributed by atoms with Crippen molar-refractivity contribution in [2.45, 2.75) is 70.9 Å². The van der Waals surface area contributed by atoms with Crippen LogP contribution in [0.25, 0.3) is 6.08 Å². The lowest BCUT2D eigenvalue weighted by Gasteiger charge is -2.27. The summed E-state index contributed by atoms with van der Waals surface area (Å²) in [6.45, 7) is 5.39. The lowest BCUT2D eigenvalue weighted by molar-refractivity contribution is -0.420. The van der Waals surface area contributed by atoms with Crippen molar-refractivity contribution in [2.75, 3.05) is 6.61 Å². The third kappa shape index (κ3) is 9.39. The van der Waals surface area contributed by atoms with E-state index in [1.807, 2.05) is 32.9 Å². The first-order valence-corrected chi connectivity index (χ1v) is 16.1. The number of halogens is 4. The number of nitrogens with zero attached hydrogens (tertiary/aromatic N) is 1. The highest BCUT2D eigenvalue weighted by Gasteiger charge is 2.44. The van der Waals surface area contributed by atoms with Gasteiger partial charge in [-0.3, -0.25) is 23.4 Å². The number of ether oxygens (including phenoxy) is 2. The van der Waals surface area contributed by atoms with Crippen LogP contribution in [-0.2, 0) is 39.3 Å². The second kappa shape index (κ2) is 15.5. The average Bonchev–Trinajstić information content (AvgIpc) is 3.39. The van der Waals surface area contributed by atoms with Crippen molar-refractivity contribution in [1.29, 1.82) is 0 Å². The van der Waals surface area contributed by atoms with Crippen molar-refractivity contribution < 1.29 is 61.2 Å². The fourth-order valence-corrected chi connectivity index (χ4v) is 5.85. The molecule has 2 aliphatic heterocycles. The number of alkyl halides is 3. The first-order chi connectivity index (χ1) is 21.5. The summed E-state index contributed by atoms with van der Waals surface area (Å²) < 4.78 is 74.5. The average molecular weight is 742 g/mol. The van der Waals surface area contributed by atoms with Crippen LogP contribution in [-0.4, -0.2) is 52.5 Å². The van der Waals surface area contributed by atoms with Crippen LogP contribution in [0.3, 0.4) is 0 Å².